The number of hydrogen-bond donors (Lipinski definition) is 0. The maximum Gasteiger partial charge on any atom is 0.278 e. The number of anilines is 1. The first-order valence-corrected chi connectivity index (χ1v) is 7.30. The van der Waals surface area contributed by atoms with E-state index in [1.165, 1.54) is 4.88 Å². The number of fused-ring (bicyclic) bond motifs is 1. The van der Waals surface area contributed by atoms with Crippen LogP contribution in [0.4, 0.5) is 11.4 Å². The highest BCUT2D eigenvalue weighted by Gasteiger charge is 2.17. The lowest BCUT2D eigenvalue weighted by molar-refractivity contribution is -0.383. The zero-order chi connectivity index (χ0) is 14.8. The quantitative estimate of drug-likeness (QED) is 0.542. The molecule has 0 atom stereocenters. The minimum Gasteiger partial charge on any atom is -0.368 e. The maximum absolute atomic E-state index is 11.1. The zero-order valence-electron chi connectivity index (χ0n) is 11.4. The molecule has 0 fully saturated rings. The molecule has 0 amide bonds. The fraction of sp³-hybridized carbons (Fsp3) is 0.133. The molecule has 0 radical (unpaired) electrons. The number of thiophene rings is 1. The first-order valence-electron chi connectivity index (χ1n) is 6.42. The topological polar surface area (TPSA) is 59.3 Å². The Kier molecular flexibility index (Phi) is 3.53. The molecule has 0 unspecified atom stereocenters. The van der Waals surface area contributed by atoms with Gasteiger partial charge in [0.15, 0.2) is 0 Å². The van der Waals surface area contributed by atoms with Gasteiger partial charge in [0.05, 0.1) is 22.5 Å². The minimum atomic E-state index is -0.368. The number of aromatic nitrogens is 1. The Morgan fingerprint density at radius 3 is 2.86 bits per heavy atom. The molecule has 0 aliphatic rings. The Morgan fingerprint density at radius 2 is 2.14 bits per heavy atom. The second kappa shape index (κ2) is 5.49. The number of nitro groups is 1. The third kappa shape index (κ3) is 2.57. The standard InChI is InChI=1S/C15H13N3O2S/c1-17(10-11-4-3-9-21-11)14-7-6-13(18(19)20)12-5-2-8-16-15(12)14/h2-9H,10H2,1H3. The van der Waals surface area contributed by atoms with Crippen molar-refractivity contribution < 1.29 is 4.92 Å². The van der Waals surface area contributed by atoms with Crippen molar-refractivity contribution in [3.63, 3.8) is 0 Å². The summed E-state index contributed by atoms with van der Waals surface area (Å²) < 4.78 is 0. The Morgan fingerprint density at radius 1 is 1.29 bits per heavy atom. The predicted octanol–water partition coefficient (Wildman–Crippen LogP) is 3.84. The highest BCUT2D eigenvalue weighted by Crippen LogP contribution is 2.32. The third-order valence-electron chi connectivity index (χ3n) is 3.31. The van der Waals surface area contributed by atoms with Crippen molar-refractivity contribution >= 4 is 33.6 Å². The number of pyridine rings is 1. The molecule has 0 spiro atoms. The summed E-state index contributed by atoms with van der Waals surface area (Å²) in [5.41, 5.74) is 1.64. The Labute approximate surface area is 125 Å². The van der Waals surface area contributed by atoms with Crippen LogP contribution < -0.4 is 4.90 Å². The largest absolute Gasteiger partial charge is 0.368 e. The number of nitro benzene ring substituents is 1. The van der Waals surface area contributed by atoms with Gasteiger partial charge in [-0.1, -0.05) is 6.07 Å². The van der Waals surface area contributed by atoms with Crippen LogP contribution in [0.25, 0.3) is 10.9 Å². The van der Waals surface area contributed by atoms with E-state index in [0.717, 1.165) is 12.2 Å². The maximum atomic E-state index is 11.1. The van der Waals surface area contributed by atoms with E-state index in [4.69, 9.17) is 0 Å². The number of nitrogens with zero attached hydrogens (tertiary/aromatic N) is 3. The van der Waals surface area contributed by atoms with Crippen LogP contribution in [-0.4, -0.2) is 17.0 Å². The predicted molar refractivity (Wildman–Crippen MR) is 84.8 cm³/mol. The Balaban J connectivity index is 2.07. The van der Waals surface area contributed by atoms with Gasteiger partial charge in [-0.15, -0.1) is 11.3 Å². The molecule has 0 saturated heterocycles. The Bertz CT molecular complexity index is 787. The minimum absolute atomic E-state index is 0.0892. The van der Waals surface area contributed by atoms with Crippen molar-refractivity contribution in [2.24, 2.45) is 0 Å². The summed E-state index contributed by atoms with van der Waals surface area (Å²) in [5.74, 6) is 0. The van der Waals surface area contributed by atoms with Crippen LogP contribution in [0.1, 0.15) is 4.88 Å². The van der Waals surface area contributed by atoms with Gasteiger partial charge in [-0.3, -0.25) is 15.1 Å². The molecule has 5 nitrogen and oxygen atoms in total. The molecular formula is C15H13N3O2S. The number of hydrogen-bond acceptors (Lipinski definition) is 5. The summed E-state index contributed by atoms with van der Waals surface area (Å²) in [4.78, 5) is 18.4. The molecule has 0 aliphatic heterocycles. The van der Waals surface area contributed by atoms with Crippen LogP contribution in [0, 0.1) is 10.1 Å². The molecule has 3 rings (SSSR count). The molecule has 1 aromatic carbocycles. The van der Waals surface area contributed by atoms with Gasteiger partial charge >= 0.3 is 0 Å². The summed E-state index contributed by atoms with van der Waals surface area (Å²) >= 11 is 1.69. The summed E-state index contributed by atoms with van der Waals surface area (Å²) in [6.07, 6.45) is 1.66. The monoisotopic (exact) mass is 299 g/mol. The van der Waals surface area contributed by atoms with Crippen molar-refractivity contribution in [1.29, 1.82) is 0 Å². The van der Waals surface area contributed by atoms with Gasteiger partial charge in [0.2, 0.25) is 0 Å². The van der Waals surface area contributed by atoms with E-state index >= 15 is 0 Å². The molecular weight excluding hydrogens is 286 g/mol. The van der Waals surface area contributed by atoms with Gasteiger partial charge in [-0.05, 0) is 29.6 Å². The average Bonchev–Trinajstić information content (AvgIpc) is 2.98. The van der Waals surface area contributed by atoms with Crippen LogP contribution in [0.15, 0.2) is 48.0 Å². The molecule has 0 N–H and O–H groups in total. The molecule has 6 heteroatoms. The third-order valence-corrected chi connectivity index (χ3v) is 4.17. The second-order valence-corrected chi connectivity index (χ2v) is 5.73. The van der Waals surface area contributed by atoms with Gasteiger partial charge < -0.3 is 4.90 Å². The molecule has 0 aliphatic carbocycles. The van der Waals surface area contributed by atoms with Crippen LogP contribution in [0.3, 0.4) is 0 Å². The molecule has 0 bridgehead atoms. The fourth-order valence-electron chi connectivity index (χ4n) is 2.33. The lowest BCUT2D eigenvalue weighted by Crippen LogP contribution is -2.16. The lowest BCUT2D eigenvalue weighted by Gasteiger charge is -2.19. The van der Waals surface area contributed by atoms with Gasteiger partial charge in [-0.25, -0.2) is 0 Å². The fourth-order valence-corrected chi connectivity index (χ4v) is 3.09. The average molecular weight is 299 g/mol. The smallest absolute Gasteiger partial charge is 0.278 e. The molecule has 3 aromatic rings. The molecule has 2 aromatic heterocycles. The summed E-state index contributed by atoms with van der Waals surface area (Å²) in [6.45, 7) is 0.751. The summed E-state index contributed by atoms with van der Waals surface area (Å²) in [5, 5.41) is 13.7. The van der Waals surface area contributed by atoms with Crippen molar-refractivity contribution in [2.75, 3.05) is 11.9 Å². The van der Waals surface area contributed by atoms with Gasteiger partial charge in [-0.2, -0.15) is 0 Å². The van der Waals surface area contributed by atoms with Crippen molar-refractivity contribution in [1.82, 2.24) is 4.98 Å². The first-order chi connectivity index (χ1) is 10.2. The van der Waals surface area contributed by atoms with E-state index in [1.54, 1.807) is 41.8 Å². The normalized spacial score (nSPS) is 10.7. The first kappa shape index (κ1) is 13.5. The number of rotatable bonds is 4. The van der Waals surface area contributed by atoms with Crippen LogP contribution >= 0.6 is 11.3 Å². The van der Waals surface area contributed by atoms with Crippen LogP contribution in [0.2, 0.25) is 0 Å². The molecule has 106 valence electrons. The van der Waals surface area contributed by atoms with Gasteiger partial charge in [0.25, 0.3) is 5.69 Å². The van der Waals surface area contributed by atoms with Crippen LogP contribution in [0.5, 0.6) is 0 Å². The Hall–Kier alpha value is -2.47. The van der Waals surface area contributed by atoms with Crippen molar-refractivity contribution in [3.8, 4) is 0 Å². The van der Waals surface area contributed by atoms with Gasteiger partial charge in [0.1, 0.15) is 5.52 Å². The van der Waals surface area contributed by atoms with E-state index < -0.39 is 0 Å². The number of benzene rings is 1. The highest BCUT2D eigenvalue weighted by molar-refractivity contribution is 7.09. The molecule has 21 heavy (non-hydrogen) atoms. The summed E-state index contributed by atoms with van der Waals surface area (Å²) in [6, 6.07) is 10.9. The van der Waals surface area contributed by atoms with Gasteiger partial charge in [0, 0.05) is 24.2 Å². The second-order valence-electron chi connectivity index (χ2n) is 4.70. The SMILES string of the molecule is CN(Cc1cccs1)c1ccc([N+](=O)[O-])c2cccnc12. The van der Waals surface area contributed by atoms with Crippen molar-refractivity contribution in [3.05, 3.63) is 63.0 Å². The zero-order valence-corrected chi connectivity index (χ0v) is 12.2. The van der Waals surface area contributed by atoms with Crippen molar-refractivity contribution in [2.45, 2.75) is 6.54 Å². The van der Waals surface area contributed by atoms with E-state index in [-0.39, 0.29) is 10.6 Å². The molecule has 0 saturated carbocycles. The highest BCUT2D eigenvalue weighted by atomic mass is 32.1. The number of non-ortho nitro benzene ring substituents is 1. The molecule has 2 heterocycles. The van der Waals surface area contributed by atoms with E-state index in [9.17, 15) is 10.1 Å². The van der Waals surface area contributed by atoms with E-state index in [1.807, 2.05) is 18.5 Å². The van der Waals surface area contributed by atoms with E-state index in [2.05, 4.69) is 16.0 Å². The lowest BCUT2D eigenvalue weighted by atomic mass is 10.1. The van der Waals surface area contributed by atoms with E-state index in [0.29, 0.717) is 10.9 Å². The van der Waals surface area contributed by atoms with Crippen LogP contribution in [-0.2, 0) is 6.54 Å². The summed E-state index contributed by atoms with van der Waals surface area (Å²) in [7, 11) is 1.97.